The Morgan fingerprint density at radius 3 is 2.56 bits per heavy atom. The highest BCUT2D eigenvalue weighted by atomic mass is 79.9. The molecule has 1 aliphatic rings. The van der Waals surface area contributed by atoms with E-state index in [9.17, 15) is 13.2 Å². The van der Waals surface area contributed by atoms with Crippen molar-refractivity contribution in [3.05, 3.63) is 51.3 Å². The first-order valence-corrected chi connectivity index (χ1v) is 11.6. The smallest absolute Gasteiger partial charge is 0.252 e. The normalized spacial score (nSPS) is 16.8. The molecule has 0 saturated carbocycles. The maximum atomic E-state index is 12.7. The van der Waals surface area contributed by atoms with Crippen molar-refractivity contribution in [2.75, 3.05) is 26.3 Å². The summed E-state index contributed by atoms with van der Waals surface area (Å²) in [4.78, 5) is 13.1. The van der Waals surface area contributed by atoms with Crippen molar-refractivity contribution in [3.8, 4) is 0 Å². The average Bonchev–Trinajstić information content (AvgIpc) is 3.12. The second-order valence-corrected chi connectivity index (χ2v) is 10.5. The number of benzene rings is 1. The Morgan fingerprint density at radius 2 is 1.89 bits per heavy atom. The van der Waals surface area contributed by atoms with Crippen LogP contribution in [0.4, 0.5) is 0 Å². The third-order valence-corrected chi connectivity index (χ3v) is 8.26. The standard InChI is InChI=1S/C18H21BrN2O4S2/c1-13(14-2-4-15(19)5-3-14)20-17(22)12-16-6-7-18(26-16)27(23,24)21-8-10-25-11-9-21/h2-7,13H,8-12H2,1H3,(H,20,22)/t13-/m0/s1. The van der Waals surface area contributed by atoms with Crippen LogP contribution in [0.1, 0.15) is 23.4 Å². The lowest BCUT2D eigenvalue weighted by molar-refractivity contribution is -0.121. The molecule has 0 spiro atoms. The lowest BCUT2D eigenvalue weighted by Gasteiger charge is -2.25. The fourth-order valence-corrected chi connectivity index (χ4v) is 5.97. The van der Waals surface area contributed by atoms with Crippen LogP contribution < -0.4 is 5.32 Å². The number of thiophene rings is 1. The van der Waals surface area contributed by atoms with E-state index in [2.05, 4.69) is 21.2 Å². The molecular formula is C18H21BrN2O4S2. The Kier molecular flexibility index (Phi) is 6.69. The number of amides is 1. The summed E-state index contributed by atoms with van der Waals surface area (Å²) in [5.41, 5.74) is 1.01. The van der Waals surface area contributed by atoms with Gasteiger partial charge in [0.2, 0.25) is 5.91 Å². The van der Waals surface area contributed by atoms with Gasteiger partial charge in [0.15, 0.2) is 0 Å². The number of ether oxygens (including phenoxy) is 1. The highest BCUT2D eigenvalue weighted by molar-refractivity contribution is 9.10. The zero-order valence-corrected chi connectivity index (χ0v) is 18.1. The van der Waals surface area contributed by atoms with Crippen molar-refractivity contribution in [2.24, 2.45) is 0 Å². The van der Waals surface area contributed by atoms with Crippen molar-refractivity contribution in [2.45, 2.75) is 23.6 Å². The summed E-state index contributed by atoms with van der Waals surface area (Å²) in [6.45, 7) is 3.47. The van der Waals surface area contributed by atoms with E-state index >= 15 is 0 Å². The number of nitrogens with one attached hydrogen (secondary N) is 1. The molecule has 1 atom stereocenters. The molecule has 9 heteroatoms. The van der Waals surface area contributed by atoms with Crippen LogP contribution in [0.3, 0.4) is 0 Å². The zero-order valence-electron chi connectivity index (χ0n) is 14.9. The third-order valence-electron chi connectivity index (χ3n) is 4.28. The van der Waals surface area contributed by atoms with Crippen LogP contribution in [-0.4, -0.2) is 44.9 Å². The number of sulfonamides is 1. The van der Waals surface area contributed by atoms with Gasteiger partial charge in [-0.15, -0.1) is 11.3 Å². The van der Waals surface area contributed by atoms with E-state index in [1.807, 2.05) is 31.2 Å². The van der Waals surface area contributed by atoms with Gasteiger partial charge in [0, 0.05) is 22.4 Å². The quantitative estimate of drug-likeness (QED) is 0.700. The second-order valence-electron chi connectivity index (χ2n) is 6.25. The molecule has 1 fully saturated rings. The number of morpholine rings is 1. The van der Waals surface area contributed by atoms with Crippen molar-refractivity contribution < 1.29 is 17.9 Å². The minimum absolute atomic E-state index is 0.123. The second kappa shape index (κ2) is 8.83. The highest BCUT2D eigenvalue weighted by Gasteiger charge is 2.28. The fraction of sp³-hybridized carbons (Fsp3) is 0.389. The Bertz CT molecular complexity index is 890. The van der Waals surface area contributed by atoms with Gasteiger partial charge < -0.3 is 10.1 Å². The summed E-state index contributed by atoms with van der Waals surface area (Å²) in [6, 6.07) is 10.9. The number of nitrogens with zero attached hydrogens (tertiary/aromatic N) is 1. The van der Waals surface area contributed by atoms with Gasteiger partial charge in [-0.25, -0.2) is 8.42 Å². The Morgan fingerprint density at radius 1 is 1.22 bits per heavy atom. The molecule has 0 aliphatic carbocycles. The van der Waals surface area contributed by atoms with E-state index in [1.54, 1.807) is 12.1 Å². The zero-order chi connectivity index (χ0) is 19.4. The first-order chi connectivity index (χ1) is 12.9. The van der Waals surface area contributed by atoms with Gasteiger partial charge in [0.05, 0.1) is 25.7 Å². The molecule has 146 valence electrons. The lowest BCUT2D eigenvalue weighted by Crippen LogP contribution is -2.40. The van der Waals surface area contributed by atoms with Gasteiger partial charge in [0.1, 0.15) is 4.21 Å². The van der Waals surface area contributed by atoms with Crippen LogP contribution >= 0.6 is 27.3 Å². The highest BCUT2D eigenvalue weighted by Crippen LogP contribution is 2.26. The minimum atomic E-state index is -3.51. The van der Waals surface area contributed by atoms with Crippen LogP contribution in [0.25, 0.3) is 0 Å². The first kappa shape index (κ1) is 20.5. The maximum Gasteiger partial charge on any atom is 0.252 e. The number of carbonyl (C=O) groups excluding carboxylic acids is 1. The average molecular weight is 473 g/mol. The summed E-state index contributed by atoms with van der Waals surface area (Å²) in [6.07, 6.45) is 0.157. The van der Waals surface area contributed by atoms with Gasteiger partial charge in [-0.05, 0) is 36.8 Å². The summed E-state index contributed by atoms with van der Waals surface area (Å²) in [5.74, 6) is -0.136. The summed E-state index contributed by atoms with van der Waals surface area (Å²) < 4.78 is 33.2. The topological polar surface area (TPSA) is 75.7 Å². The Labute approximate surface area is 171 Å². The van der Waals surface area contributed by atoms with E-state index in [4.69, 9.17) is 4.74 Å². The summed E-state index contributed by atoms with van der Waals surface area (Å²) in [5, 5.41) is 2.95. The van der Waals surface area contributed by atoms with Crippen LogP contribution in [0, 0.1) is 0 Å². The molecular weight excluding hydrogens is 452 g/mol. The predicted octanol–water partition coefficient (Wildman–Crippen LogP) is 2.95. The van der Waals surface area contributed by atoms with Crippen LogP contribution in [0.5, 0.6) is 0 Å². The maximum absolute atomic E-state index is 12.7. The number of halogens is 1. The number of hydrogen-bond acceptors (Lipinski definition) is 5. The van der Waals surface area contributed by atoms with Gasteiger partial charge in [-0.3, -0.25) is 4.79 Å². The molecule has 1 aromatic heterocycles. The van der Waals surface area contributed by atoms with Crippen LogP contribution in [0.2, 0.25) is 0 Å². The molecule has 3 rings (SSSR count). The van der Waals surface area contributed by atoms with E-state index in [0.29, 0.717) is 26.3 Å². The third kappa shape index (κ3) is 5.17. The van der Waals surface area contributed by atoms with Crippen molar-refractivity contribution in [1.29, 1.82) is 0 Å². The molecule has 2 heterocycles. The van der Waals surface area contributed by atoms with E-state index < -0.39 is 10.0 Å². The molecule has 0 bridgehead atoms. The summed E-state index contributed by atoms with van der Waals surface area (Å²) in [7, 11) is -3.51. The molecule has 1 N–H and O–H groups in total. The molecule has 6 nitrogen and oxygen atoms in total. The van der Waals surface area contributed by atoms with Crippen molar-refractivity contribution in [3.63, 3.8) is 0 Å². The van der Waals surface area contributed by atoms with Gasteiger partial charge in [-0.1, -0.05) is 28.1 Å². The van der Waals surface area contributed by atoms with E-state index in [-0.39, 0.29) is 22.6 Å². The van der Waals surface area contributed by atoms with Crippen LogP contribution in [0.15, 0.2) is 45.1 Å². The van der Waals surface area contributed by atoms with Crippen LogP contribution in [-0.2, 0) is 26.0 Å². The Hall–Kier alpha value is -1.26. The Balaban J connectivity index is 1.61. The van der Waals surface area contributed by atoms with Crippen molar-refractivity contribution in [1.82, 2.24) is 9.62 Å². The van der Waals surface area contributed by atoms with Gasteiger partial charge >= 0.3 is 0 Å². The number of hydrogen-bond donors (Lipinski definition) is 1. The lowest BCUT2D eigenvalue weighted by atomic mass is 10.1. The number of rotatable bonds is 6. The first-order valence-electron chi connectivity index (χ1n) is 8.58. The summed E-state index contributed by atoms with van der Waals surface area (Å²) >= 11 is 4.54. The van der Waals surface area contributed by atoms with E-state index in [1.165, 1.54) is 4.31 Å². The predicted molar refractivity (Wildman–Crippen MR) is 108 cm³/mol. The molecule has 0 unspecified atom stereocenters. The monoisotopic (exact) mass is 472 g/mol. The van der Waals surface area contributed by atoms with Gasteiger partial charge in [0.25, 0.3) is 10.0 Å². The van der Waals surface area contributed by atoms with E-state index in [0.717, 1.165) is 26.3 Å². The minimum Gasteiger partial charge on any atom is -0.379 e. The largest absolute Gasteiger partial charge is 0.379 e. The molecule has 2 aromatic rings. The molecule has 1 aliphatic heterocycles. The SMILES string of the molecule is C[C@H](NC(=O)Cc1ccc(S(=O)(=O)N2CCOCC2)s1)c1ccc(Br)cc1. The molecule has 1 amide bonds. The molecule has 1 saturated heterocycles. The van der Waals surface area contributed by atoms with Crippen molar-refractivity contribution >= 4 is 43.2 Å². The van der Waals surface area contributed by atoms with Gasteiger partial charge in [-0.2, -0.15) is 4.31 Å². The number of carbonyl (C=O) groups is 1. The molecule has 1 aromatic carbocycles. The molecule has 0 radical (unpaired) electrons. The fourth-order valence-electron chi connectivity index (χ4n) is 2.79. The molecule has 27 heavy (non-hydrogen) atoms.